The predicted octanol–water partition coefficient (Wildman–Crippen LogP) is 2.88. The number of imidazole rings is 1. The quantitative estimate of drug-likeness (QED) is 0.851. The molecule has 0 aliphatic carbocycles. The molecule has 2 rings (SSSR count). The van der Waals surface area contributed by atoms with E-state index in [1.807, 2.05) is 16.7 Å². The number of pyridine rings is 1. The number of rotatable bonds is 2. The maximum Gasteiger partial charge on any atom is 0.137 e. The second-order valence-electron chi connectivity index (χ2n) is 3.27. The van der Waals surface area contributed by atoms with Crippen LogP contribution in [-0.2, 0) is 11.2 Å². The highest BCUT2D eigenvalue weighted by Gasteiger charge is 2.12. The Morgan fingerprint density at radius 3 is 3.07 bits per heavy atom. The molecule has 0 N–H and O–H groups in total. The summed E-state index contributed by atoms with van der Waals surface area (Å²) in [6.07, 6.45) is 2.16. The van der Waals surface area contributed by atoms with Gasteiger partial charge in [-0.05, 0) is 35.0 Å². The van der Waals surface area contributed by atoms with Gasteiger partial charge in [-0.25, -0.2) is 4.98 Å². The zero-order valence-electron chi connectivity index (χ0n) is 8.00. The summed E-state index contributed by atoms with van der Waals surface area (Å²) >= 11 is 9.37. The second-order valence-corrected chi connectivity index (χ2v) is 4.43. The molecule has 5 heteroatoms. The molecule has 0 radical (unpaired) electrons. The molecule has 0 amide bonds. The van der Waals surface area contributed by atoms with E-state index in [9.17, 15) is 4.79 Å². The van der Waals surface area contributed by atoms with E-state index in [4.69, 9.17) is 11.6 Å². The molecule has 0 saturated heterocycles. The Labute approximate surface area is 100 Å². The molecule has 78 valence electrons. The number of hydrogen-bond donors (Lipinski definition) is 0. The second kappa shape index (κ2) is 3.94. The molecule has 0 aromatic carbocycles. The molecular formula is C10H8BrClN2O. The molecule has 0 aliphatic heterocycles. The van der Waals surface area contributed by atoms with Gasteiger partial charge in [0.1, 0.15) is 16.2 Å². The van der Waals surface area contributed by atoms with Crippen molar-refractivity contribution in [2.45, 2.75) is 13.3 Å². The largest absolute Gasteiger partial charge is 0.301 e. The van der Waals surface area contributed by atoms with Gasteiger partial charge >= 0.3 is 0 Å². The summed E-state index contributed by atoms with van der Waals surface area (Å²) in [5, 5.41) is 0.617. The van der Waals surface area contributed by atoms with Gasteiger partial charge in [-0.15, -0.1) is 0 Å². The minimum Gasteiger partial charge on any atom is -0.301 e. The Bertz CT molecular complexity index is 535. The molecule has 0 saturated carbocycles. The third kappa shape index (κ3) is 1.92. The minimum absolute atomic E-state index is 0.0781. The Hall–Kier alpha value is -0.870. The summed E-state index contributed by atoms with van der Waals surface area (Å²) in [4.78, 5) is 15.3. The maximum absolute atomic E-state index is 11.0. The van der Waals surface area contributed by atoms with Crippen LogP contribution in [-0.4, -0.2) is 15.2 Å². The van der Waals surface area contributed by atoms with Gasteiger partial charge in [0.2, 0.25) is 0 Å². The van der Waals surface area contributed by atoms with Crippen molar-refractivity contribution in [3.63, 3.8) is 0 Å². The number of halogens is 2. The predicted molar refractivity (Wildman–Crippen MR) is 62.3 cm³/mol. The fourth-order valence-corrected chi connectivity index (χ4v) is 2.44. The van der Waals surface area contributed by atoms with Crippen LogP contribution >= 0.6 is 27.5 Å². The summed E-state index contributed by atoms with van der Waals surface area (Å²) in [6.45, 7) is 1.54. The topological polar surface area (TPSA) is 34.4 Å². The lowest BCUT2D eigenvalue weighted by Crippen LogP contribution is -2.01. The van der Waals surface area contributed by atoms with Gasteiger partial charge < -0.3 is 4.40 Å². The fraction of sp³-hybridized carbons (Fsp3) is 0.200. The lowest BCUT2D eigenvalue weighted by Gasteiger charge is -1.99. The van der Waals surface area contributed by atoms with Crippen molar-refractivity contribution in [3.8, 4) is 0 Å². The fourth-order valence-electron chi connectivity index (χ4n) is 1.46. The highest BCUT2D eigenvalue weighted by atomic mass is 79.9. The zero-order chi connectivity index (χ0) is 11.0. The molecule has 0 unspecified atom stereocenters. The van der Waals surface area contributed by atoms with Gasteiger partial charge in [0.15, 0.2) is 0 Å². The lowest BCUT2D eigenvalue weighted by atomic mass is 10.3. The average Bonchev–Trinajstić information content (AvgIpc) is 2.44. The number of Topliss-reactive ketones (excluding diaryl/α,β-unsaturated/α-hetero) is 1. The molecule has 3 nitrogen and oxygen atoms in total. The van der Waals surface area contributed by atoms with E-state index in [0.29, 0.717) is 21.9 Å². The number of carbonyl (C=O) groups is 1. The SMILES string of the molecule is CC(=O)Cc1nc(Br)c2c(Cl)cccn12. The zero-order valence-corrected chi connectivity index (χ0v) is 10.3. The summed E-state index contributed by atoms with van der Waals surface area (Å²) in [5.74, 6) is 0.779. The first kappa shape index (κ1) is 10.6. The van der Waals surface area contributed by atoms with Crippen LogP contribution in [0.5, 0.6) is 0 Å². The number of aromatic nitrogens is 2. The van der Waals surface area contributed by atoms with Crippen LogP contribution in [0.4, 0.5) is 0 Å². The lowest BCUT2D eigenvalue weighted by molar-refractivity contribution is -0.116. The Morgan fingerprint density at radius 2 is 2.40 bits per heavy atom. The number of ketones is 1. The number of hydrogen-bond acceptors (Lipinski definition) is 2. The van der Waals surface area contributed by atoms with Gasteiger partial charge in [0.25, 0.3) is 0 Å². The summed E-state index contributed by atoms with van der Waals surface area (Å²) < 4.78 is 2.50. The Kier molecular flexibility index (Phi) is 2.80. The Balaban J connectivity index is 2.68. The molecule has 0 atom stereocenters. The van der Waals surface area contributed by atoms with Crippen LogP contribution in [0, 0.1) is 0 Å². The highest BCUT2D eigenvalue weighted by Crippen LogP contribution is 2.26. The minimum atomic E-state index is 0.0781. The van der Waals surface area contributed by atoms with Crippen molar-refractivity contribution in [2.24, 2.45) is 0 Å². The van der Waals surface area contributed by atoms with Gasteiger partial charge in [-0.2, -0.15) is 0 Å². The molecule has 0 aliphatic rings. The molecule has 0 bridgehead atoms. The van der Waals surface area contributed by atoms with E-state index in [2.05, 4.69) is 20.9 Å². The van der Waals surface area contributed by atoms with Gasteiger partial charge in [-0.1, -0.05) is 11.6 Å². The summed E-state index contributed by atoms with van der Waals surface area (Å²) in [6, 6.07) is 3.62. The van der Waals surface area contributed by atoms with Gasteiger partial charge in [0.05, 0.1) is 17.0 Å². The smallest absolute Gasteiger partial charge is 0.137 e. The third-order valence-corrected chi connectivity index (χ3v) is 2.91. The van der Waals surface area contributed by atoms with Crippen LogP contribution in [0.25, 0.3) is 5.52 Å². The molecule has 2 aromatic rings. The van der Waals surface area contributed by atoms with Gasteiger partial charge in [0, 0.05) is 6.20 Å². The van der Waals surface area contributed by atoms with E-state index in [1.165, 1.54) is 0 Å². The van der Waals surface area contributed by atoms with Crippen molar-refractivity contribution in [1.82, 2.24) is 9.38 Å². The first-order valence-corrected chi connectivity index (χ1v) is 5.57. The first-order chi connectivity index (χ1) is 7.09. The molecule has 2 heterocycles. The van der Waals surface area contributed by atoms with E-state index >= 15 is 0 Å². The van der Waals surface area contributed by atoms with Crippen LogP contribution in [0.3, 0.4) is 0 Å². The highest BCUT2D eigenvalue weighted by molar-refractivity contribution is 9.10. The standard InChI is InChI=1S/C10H8BrClN2O/c1-6(15)5-8-13-10(11)9-7(12)3-2-4-14(8)9/h2-4H,5H2,1H3. The molecule has 2 aromatic heterocycles. The summed E-state index contributed by atoms with van der Waals surface area (Å²) in [5.41, 5.74) is 0.801. The number of nitrogens with zero attached hydrogens (tertiary/aromatic N) is 2. The van der Waals surface area contributed by atoms with Crippen molar-refractivity contribution in [1.29, 1.82) is 0 Å². The van der Waals surface area contributed by atoms with Crippen molar-refractivity contribution in [2.75, 3.05) is 0 Å². The number of carbonyl (C=O) groups excluding carboxylic acids is 1. The van der Waals surface area contributed by atoms with Crippen molar-refractivity contribution < 1.29 is 4.79 Å². The van der Waals surface area contributed by atoms with Crippen LogP contribution in [0.15, 0.2) is 22.9 Å². The van der Waals surface area contributed by atoms with Gasteiger partial charge in [-0.3, -0.25) is 4.79 Å². The van der Waals surface area contributed by atoms with Crippen molar-refractivity contribution in [3.05, 3.63) is 33.8 Å². The third-order valence-electron chi connectivity index (χ3n) is 2.05. The molecule has 0 fully saturated rings. The van der Waals surface area contributed by atoms with E-state index < -0.39 is 0 Å². The van der Waals surface area contributed by atoms with Crippen LogP contribution < -0.4 is 0 Å². The Morgan fingerprint density at radius 1 is 1.67 bits per heavy atom. The van der Waals surface area contributed by atoms with Crippen LogP contribution in [0.1, 0.15) is 12.7 Å². The first-order valence-electron chi connectivity index (χ1n) is 4.40. The average molecular weight is 288 g/mol. The normalized spacial score (nSPS) is 10.9. The van der Waals surface area contributed by atoms with E-state index in [0.717, 1.165) is 5.52 Å². The van der Waals surface area contributed by atoms with E-state index in [-0.39, 0.29) is 5.78 Å². The number of fused-ring (bicyclic) bond motifs is 1. The van der Waals surface area contributed by atoms with Crippen molar-refractivity contribution >= 4 is 38.8 Å². The monoisotopic (exact) mass is 286 g/mol. The molecule has 15 heavy (non-hydrogen) atoms. The van der Waals surface area contributed by atoms with E-state index in [1.54, 1.807) is 13.0 Å². The maximum atomic E-state index is 11.0. The molecule has 0 spiro atoms. The molecular weight excluding hydrogens is 279 g/mol. The van der Waals surface area contributed by atoms with Crippen LogP contribution in [0.2, 0.25) is 5.02 Å². The summed E-state index contributed by atoms with van der Waals surface area (Å²) in [7, 11) is 0.